The summed E-state index contributed by atoms with van der Waals surface area (Å²) in [6.07, 6.45) is 1.61. The fourth-order valence-corrected chi connectivity index (χ4v) is 4.84. The van der Waals surface area contributed by atoms with E-state index < -0.39 is 0 Å². The fraction of sp³-hybridized carbons (Fsp3) is 0.500. The maximum atomic E-state index is 13.6. The van der Waals surface area contributed by atoms with Crippen molar-refractivity contribution in [1.29, 1.82) is 0 Å². The van der Waals surface area contributed by atoms with Crippen LogP contribution in [0.4, 0.5) is 5.69 Å². The van der Waals surface area contributed by atoms with Gasteiger partial charge in [-0.2, -0.15) is 0 Å². The summed E-state index contributed by atoms with van der Waals surface area (Å²) in [7, 11) is 0. The van der Waals surface area contributed by atoms with Gasteiger partial charge in [0.1, 0.15) is 0 Å². The summed E-state index contributed by atoms with van der Waals surface area (Å²) in [5, 5.41) is 3.16. The number of benzene rings is 2. The normalized spacial score (nSPS) is 19.5. The number of amides is 2. The van der Waals surface area contributed by atoms with Crippen molar-refractivity contribution in [3.63, 3.8) is 0 Å². The van der Waals surface area contributed by atoms with E-state index in [9.17, 15) is 9.59 Å². The highest BCUT2D eigenvalue weighted by Crippen LogP contribution is 2.38. The molecule has 3 rings (SSSR count). The molecule has 2 atom stereocenters. The number of likely N-dealkylation sites (tertiary alicyclic amines) is 1. The van der Waals surface area contributed by atoms with E-state index in [0.717, 1.165) is 29.7 Å². The van der Waals surface area contributed by atoms with Crippen molar-refractivity contribution in [2.24, 2.45) is 11.3 Å². The van der Waals surface area contributed by atoms with E-state index in [1.807, 2.05) is 48.2 Å². The van der Waals surface area contributed by atoms with Crippen molar-refractivity contribution in [2.75, 3.05) is 11.9 Å². The Morgan fingerprint density at radius 1 is 0.969 bits per heavy atom. The molecule has 32 heavy (non-hydrogen) atoms. The smallest absolute Gasteiger partial charge is 0.254 e. The zero-order valence-corrected chi connectivity index (χ0v) is 20.7. The number of carbonyl (C=O) groups excluding carboxylic acids is 2. The third-order valence-electron chi connectivity index (χ3n) is 6.49. The predicted molar refractivity (Wildman–Crippen MR) is 132 cm³/mol. The molecule has 1 aliphatic heterocycles. The lowest BCUT2D eigenvalue weighted by Crippen LogP contribution is -2.57. The maximum absolute atomic E-state index is 13.6. The van der Waals surface area contributed by atoms with E-state index in [0.29, 0.717) is 6.54 Å². The van der Waals surface area contributed by atoms with Gasteiger partial charge < -0.3 is 10.2 Å². The molecule has 4 nitrogen and oxygen atoms in total. The standard InChI is InChI=1S/C28H38N2O2/c1-19-12-8-9-15-22(19)26(32)30-17-11-16-23(24(30)28(5,6)7)25(31)29-21-14-10-13-20(18-21)27(2,3)4/h8-10,12-15,18,23-24H,11,16-17H2,1-7H3,(H,29,31)/t23?,24-/m1/s1. The van der Waals surface area contributed by atoms with Crippen LogP contribution in [-0.4, -0.2) is 29.3 Å². The van der Waals surface area contributed by atoms with Gasteiger partial charge in [0.25, 0.3) is 5.91 Å². The molecule has 2 aromatic carbocycles. The highest BCUT2D eigenvalue weighted by Gasteiger charge is 2.45. The molecule has 0 spiro atoms. The first-order chi connectivity index (χ1) is 14.9. The van der Waals surface area contributed by atoms with Gasteiger partial charge >= 0.3 is 0 Å². The van der Waals surface area contributed by atoms with Crippen molar-refractivity contribution in [3.8, 4) is 0 Å². The molecule has 1 aliphatic rings. The summed E-state index contributed by atoms with van der Waals surface area (Å²) in [6.45, 7) is 15.5. The third kappa shape index (κ3) is 5.23. The molecule has 1 N–H and O–H groups in total. The average Bonchev–Trinajstić information content (AvgIpc) is 2.72. The van der Waals surface area contributed by atoms with Gasteiger partial charge in [0.05, 0.1) is 5.92 Å². The molecule has 0 aromatic heterocycles. The van der Waals surface area contributed by atoms with E-state index in [2.05, 4.69) is 59.0 Å². The number of hydrogen-bond acceptors (Lipinski definition) is 2. The second-order valence-electron chi connectivity index (χ2n) is 11.2. The van der Waals surface area contributed by atoms with Crippen LogP contribution in [0.25, 0.3) is 0 Å². The maximum Gasteiger partial charge on any atom is 0.254 e. The van der Waals surface area contributed by atoms with Crippen LogP contribution >= 0.6 is 0 Å². The fourth-order valence-electron chi connectivity index (χ4n) is 4.84. The lowest BCUT2D eigenvalue weighted by atomic mass is 9.73. The average molecular weight is 435 g/mol. The number of hydrogen-bond donors (Lipinski definition) is 1. The second kappa shape index (κ2) is 9.09. The van der Waals surface area contributed by atoms with E-state index in [-0.39, 0.29) is 34.6 Å². The Balaban J connectivity index is 1.89. The summed E-state index contributed by atoms with van der Waals surface area (Å²) >= 11 is 0. The van der Waals surface area contributed by atoms with Gasteiger partial charge in [-0.25, -0.2) is 0 Å². The molecule has 2 amide bonds. The predicted octanol–water partition coefficient (Wildman–Crippen LogP) is 6.20. The second-order valence-corrected chi connectivity index (χ2v) is 11.2. The highest BCUT2D eigenvalue weighted by atomic mass is 16.2. The van der Waals surface area contributed by atoms with Gasteiger partial charge in [-0.05, 0) is 59.9 Å². The van der Waals surface area contributed by atoms with Crippen molar-refractivity contribution in [3.05, 3.63) is 65.2 Å². The largest absolute Gasteiger partial charge is 0.334 e. The molecule has 0 radical (unpaired) electrons. The van der Waals surface area contributed by atoms with Gasteiger partial charge in [-0.15, -0.1) is 0 Å². The summed E-state index contributed by atoms with van der Waals surface area (Å²) < 4.78 is 0. The quantitative estimate of drug-likeness (QED) is 0.625. The molecule has 172 valence electrons. The summed E-state index contributed by atoms with van der Waals surface area (Å²) in [4.78, 5) is 29.0. The number of aryl methyl sites for hydroxylation is 1. The Morgan fingerprint density at radius 2 is 1.66 bits per heavy atom. The molecule has 4 heteroatoms. The first kappa shape index (κ1) is 24.0. The van der Waals surface area contributed by atoms with E-state index in [4.69, 9.17) is 0 Å². The Hall–Kier alpha value is -2.62. The Morgan fingerprint density at radius 3 is 2.28 bits per heavy atom. The van der Waals surface area contributed by atoms with Crippen LogP contribution in [0, 0.1) is 18.3 Å². The monoisotopic (exact) mass is 434 g/mol. The molecule has 0 saturated carbocycles. The van der Waals surface area contributed by atoms with Crippen LogP contribution < -0.4 is 5.32 Å². The van der Waals surface area contributed by atoms with E-state index in [1.54, 1.807) is 0 Å². The number of anilines is 1. The Labute approximate surface area is 193 Å². The molecule has 1 unspecified atom stereocenters. The first-order valence-electron chi connectivity index (χ1n) is 11.7. The van der Waals surface area contributed by atoms with Gasteiger partial charge in [0.2, 0.25) is 5.91 Å². The number of piperidine rings is 1. The zero-order valence-electron chi connectivity index (χ0n) is 20.7. The number of carbonyl (C=O) groups is 2. The van der Waals surface area contributed by atoms with Crippen molar-refractivity contribution in [2.45, 2.75) is 72.8 Å². The van der Waals surface area contributed by atoms with Gasteiger partial charge in [-0.3, -0.25) is 9.59 Å². The minimum Gasteiger partial charge on any atom is -0.334 e. The Kier molecular flexibility index (Phi) is 6.83. The number of rotatable bonds is 3. The summed E-state index contributed by atoms with van der Waals surface area (Å²) in [5.41, 5.74) is 3.47. The lowest BCUT2D eigenvalue weighted by molar-refractivity contribution is -0.125. The molecule has 1 saturated heterocycles. The Bertz CT molecular complexity index is 981. The van der Waals surface area contributed by atoms with Crippen molar-refractivity contribution < 1.29 is 9.59 Å². The van der Waals surface area contributed by atoms with Crippen LogP contribution in [0.2, 0.25) is 0 Å². The summed E-state index contributed by atoms with van der Waals surface area (Å²) in [6, 6.07) is 15.6. The number of nitrogens with zero attached hydrogens (tertiary/aromatic N) is 1. The van der Waals surface area contributed by atoms with Crippen LogP contribution in [0.1, 0.15) is 75.9 Å². The molecular formula is C28H38N2O2. The topological polar surface area (TPSA) is 49.4 Å². The minimum atomic E-state index is -0.255. The van der Waals surface area contributed by atoms with Crippen LogP contribution in [0.5, 0.6) is 0 Å². The first-order valence-corrected chi connectivity index (χ1v) is 11.7. The highest BCUT2D eigenvalue weighted by molar-refractivity contribution is 5.98. The number of nitrogens with one attached hydrogen (secondary N) is 1. The molecule has 0 bridgehead atoms. The van der Waals surface area contributed by atoms with Crippen LogP contribution in [-0.2, 0) is 10.2 Å². The van der Waals surface area contributed by atoms with Gasteiger partial charge in [-0.1, -0.05) is 71.9 Å². The third-order valence-corrected chi connectivity index (χ3v) is 6.49. The SMILES string of the molecule is Cc1ccccc1C(=O)N1CCCC(C(=O)Nc2cccc(C(C)(C)C)c2)[C@@H]1C(C)(C)C. The van der Waals surface area contributed by atoms with E-state index >= 15 is 0 Å². The van der Waals surface area contributed by atoms with Crippen LogP contribution in [0.3, 0.4) is 0 Å². The lowest BCUT2D eigenvalue weighted by Gasteiger charge is -2.47. The molecule has 2 aromatic rings. The molecule has 1 fully saturated rings. The van der Waals surface area contributed by atoms with Gasteiger partial charge in [0.15, 0.2) is 0 Å². The van der Waals surface area contributed by atoms with Gasteiger partial charge in [0, 0.05) is 23.8 Å². The van der Waals surface area contributed by atoms with Crippen LogP contribution in [0.15, 0.2) is 48.5 Å². The molecule has 0 aliphatic carbocycles. The van der Waals surface area contributed by atoms with Crippen molar-refractivity contribution in [1.82, 2.24) is 4.90 Å². The minimum absolute atomic E-state index is 0.00160. The zero-order chi connectivity index (χ0) is 23.7. The molecular weight excluding hydrogens is 396 g/mol. The van der Waals surface area contributed by atoms with E-state index in [1.165, 1.54) is 5.56 Å². The summed E-state index contributed by atoms with van der Waals surface area (Å²) in [5.74, 6) is -0.233. The molecule has 1 heterocycles. The van der Waals surface area contributed by atoms with Crippen molar-refractivity contribution >= 4 is 17.5 Å².